The summed E-state index contributed by atoms with van der Waals surface area (Å²) < 4.78 is 5.48. The number of amides is 1. The lowest BCUT2D eigenvalue weighted by Crippen LogP contribution is -2.45. The zero-order chi connectivity index (χ0) is 55.7. The highest BCUT2D eigenvalue weighted by Crippen LogP contribution is 2.18. The van der Waals surface area contributed by atoms with E-state index in [-0.39, 0.29) is 18.5 Å². The summed E-state index contributed by atoms with van der Waals surface area (Å²) in [7, 11) is 0. The van der Waals surface area contributed by atoms with Crippen molar-refractivity contribution in [2.75, 3.05) is 13.2 Å². The minimum absolute atomic E-state index is 0.000301. The smallest absolute Gasteiger partial charge is 0.305 e. The van der Waals surface area contributed by atoms with E-state index >= 15 is 0 Å². The lowest BCUT2D eigenvalue weighted by molar-refractivity contribution is -0.143. The van der Waals surface area contributed by atoms with Gasteiger partial charge in [-0.1, -0.05) is 320 Å². The average molecular weight is 1080 g/mol. The first kappa shape index (κ1) is 75.1. The molecule has 0 aromatic carbocycles. The topological polar surface area (TPSA) is 95.9 Å². The van der Waals surface area contributed by atoms with Crippen molar-refractivity contribution in [1.29, 1.82) is 0 Å². The first-order valence-corrected chi connectivity index (χ1v) is 34.7. The molecule has 0 spiro atoms. The number of rotatable bonds is 65. The van der Waals surface area contributed by atoms with Gasteiger partial charge in [0.25, 0.3) is 0 Å². The Morgan fingerprint density at radius 1 is 0.364 bits per heavy atom. The molecule has 2 atom stereocenters. The highest BCUT2D eigenvalue weighted by Gasteiger charge is 2.20. The number of carbonyl (C=O) groups is 2. The summed E-state index contributed by atoms with van der Waals surface area (Å²) in [5.41, 5.74) is 0. The quantitative estimate of drug-likeness (QED) is 0.0320. The summed E-state index contributed by atoms with van der Waals surface area (Å²) in [4.78, 5) is 24.6. The van der Waals surface area contributed by atoms with Gasteiger partial charge in [-0.05, 0) is 83.5 Å². The Morgan fingerprint density at radius 2 is 0.649 bits per heavy atom. The average Bonchev–Trinajstić information content (AvgIpc) is 3.43. The summed E-state index contributed by atoms with van der Waals surface area (Å²) >= 11 is 0. The van der Waals surface area contributed by atoms with Crippen LogP contribution in [-0.4, -0.2) is 47.4 Å². The van der Waals surface area contributed by atoms with Crippen LogP contribution in [0.5, 0.6) is 0 Å². The fourth-order valence-corrected chi connectivity index (χ4v) is 10.8. The number of carbonyl (C=O) groups excluding carboxylic acids is 2. The fourth-order valence-electron chi connectivity index (χ4n) is 10.8. The SMILES string of the molecule is CCCCCCCC/C=C\CCCCCCCC(=O)OCCCCCCCCCCC/C=C\C/C=C\CCCCCCCCCC(=O)NC(CO)C(O)CCCCCCCCCCCCCCCCCCCCCCCC. The highest BCUT2D eigenvalue weighted by atomic mass is 16.5. The van der Waals surface area contributed by atoms with E-state index in [1.807, 2.05) is 0 Å². The van der Waals surface area contributed by atoms with E-state index in [9.17, 15) is 19.8 Å². The molecule has 0 bridgehead atoms. The van der Waals surface area contributed by atoms with Crippen molar-refractivity contribution in [3.05, 3.63) is 36.5 Å². The minimum Gasteiger partial charge on any atom is -0.466 e. The number of allylic oxidation sites excluding steroid dienone is 6. The molecule has 0 saturated heterocycles. The predicted octanol–water partition coefficient (Wildman–Crippen LogP) is 22.3. The van der Waals surface area contributed by atoms with Crippen LogP contribution in [0.4, 0.5) is 0 Å². The van der Waals surface area contributed by atoms with Gasteiger partial charge in [-0.15, -0.1) is 0 Å². The van der Waals surface area contributed by atoms with Crippen LogP contribution in [0.1, 0.15) is 380 Å². The van der Waals surface area contributed by atoms with E-state index in [0.717, 1.165) is 57.8 Å². The third-order valence-electron chi connectivity index (χ3n) is 16.2. The van der Waals surface area contributed by atoms with Crippen molar-refractivity contribution >= 4 is 11.9 Å². The number of hydrogen-bond acceptors (Lipinski definition) is 5. The Labute approximate surface area is 481 Å². The molecule has 1 amide bonds. The summed E-state index contributed by atoms with van der Waals surface area (Å²) in [6.45, 7) is 4.97. The zero-order valence-electron chi connectivity index (χ0n) is 52.0. The number of hydrogen-bond donors (Lipinski definition) is 3. The Balaban J connectivity index is 3.45. The van der Waals surface area contributed by atoms with Gasteiger partial charge in [-0.25, -0.2) is 0 Å². The van der Waals surface area contributed by atoms with E-state index in [1.54, 1.807) is 0 Å². The van der Waals surface area contributed by atoms with Gasteiger partial charge in [0.05, 0.1) is 25.4 Å². The maximum absolute atomic E-state index is 12.5. The van der Waals surface area contributed by atoms with Crippen LogP contribution in [-0.2, 0) is 14.3 Å². The minimum atomic E-state index is -0.673. The standard InChI is InChI=1S/C71H135NO5/c1-3-5-7-9-11-13-15-17-19-20-21-22-26-29-32-36-39-43-47-51-55-59-63-69(74)68(67-73)72-70(75)64-60-56-52-48-44-40-37-33-30-27-24-23-25-28-31-34-38-42-46-50-54-58-62-66-77-71(76)65-61-57-53-49-45-41-35-18-16-14-12-10-8-6-4-2/h18,23,25,27,30,35,68-69,73-74H,3-17,19-22,24,26,28-29,31-34,36-67H2,1-2H3,(H,72,75)/b25-23-,30-27-,35-18-. The van der Waals surface area contributed by atoms with Crippen LogP contribution in [0.25, 0.3) is 0 Å². The number of aliphatic hydroxyl groups excluding tert-OH is 2. The second kappa shape index (κ2) is 66.6. The maximum atomic E-state index is 12.5. The van der Waals surface area contributed by atoms with Crippen molar-refractivity contribution < 1.29 is 24.5 Å². The summed E-state index contributed by atoms with van der Waals surface area (Å²) in [6, 6.07) is -0.551. The van der Waals surface area contributed by atoms with Crippen LogP contribution >= 0.6 is 0 Å². The Kier molecular flexibility index (Phi) is 64.9. The number of ether oxygens (including phenoxy) is 1. The fraction of sp³-hybridized carbons (Fsp3) is 0.887. The van der Waals surface area contributed by atoms with Gasteiger partial charge < -0.3 is 20.3 Å². The lowest BCUT2D eigenvalue weighted by atomic mass is 10.0. The van der Waals surface area contributed by atoms with Crippen LogP contribution < -0.4 is 5.32 Å². The number of unbranched alkanes of at least 4 members (excludes halogenated alkanes) is 48. The first-order valence-electron chi connectivity index (χ1n) is 34.7. The van der Waals surface area contributed by atoms with Gasteiger partial charge in [-0.2, -0.15) is 0 Å². The highest BCUT2D eigenvalue weighted by molar-refractivity contribution is 5.76. The molecule has 0 heterocycles. The lowest BCUT2D eigenvalue weighted by Gasteiger charge is -2.22. The normalized spacial score (nSPS) is 12.7. The van der Waals surface area contributed by atoms with Crippen molar-refractivity contribution in [3.8, 4) is 0 Å². The van der Waals surface area contributed by atoms with E-state index < -0.39 is 12.1 Å². The number of nitrogens with one attached hydrogen (secondary N) is 1. The van der Waals surface area contributed by atoms with Crippen LogP contribution in [0.3, 0.4) is 0 Å². The second-order valence-electron chi connectivity index (χ2n) is 23.9. The summed E-state index contributed by atoms with van der Waals surface area (Å²) in [6.07, 6.45) is 84.6. The second-order valence-corrected chi connectivity index (χ2v) is 23.9. The molecule has 0 aliphatic rings. The molecule has 0 fully saturated rings. The summed E-state index contributed by atoms with van der Waals surface area (Å²) in [5, 5.41) is 23.4. The Hall–Kier alpha value is -1.92. The van der Waals surface area contributed by atoms with E-state index in [1.165, 1.54) is 289 Å². The molecule has 0 aromatic rings. The molecule has 6 heteroatoms. The van der Waals surface area contributed by atoms with E-state index in [4.69, 9.17) is 4.74 Å². The number of aliphatic hydroxyl groups is 2. The Bertz CT molecular complexity index is 1250. The van der Waals surface area contributed by atoms with Gasteiger partial charge in [0.2, 0.25) is 5.91 Å². The first-order chi connectivity index (χ1) is 38.0. The molecule has 2 unspecified atom stereocenters. The largest absolute Gasteiger partial charge is 0.466 e. The molecule has 77 heavy (non-hydrogen) atoms. The monoisotopic (exact) mass is 1080 g/mol. The van der Waals surface area contributed by atoms with E-state index in [2.05, 4.69) is 55.6 Å². The van der Waals surface area contributed by atoms with Crippen molar-refractivity contribution in [3.63, 3.8) is 0 Å². The number of esters is 1. The van der Waals surface area contributed by atoms with Gasteiger partial charge in [0, 0.05) is 12.8 Å². The molecular formula is C71H135NO5. The van der Waals surface area contributed by atoms with Gasteiger partial charge >= 0.3 is 5.97 Å². The molecule has 0 saturated carbocycles. The molecule has 0 rings (SSSR count). The van der Waals surface area contributed by atoms with Crippen LogP contribution in [0.2, 0.25) is 0 Å². The van der Waals surface area contributed by atoms with Crippen molar-refractivity contribution in [2.24, 2.45) is 0 Å². The van der Waals surface area contributed by atoms with Crippen LogP contribution in [0.15, 0.2) is 36.5 Å². The molecule has 0 aromatic heterocycles. The van der Waals surface area contributed by atoms with Gasteiger partial charge in [0.15, 0.2) is 0 Å². The summed E-state index contributed by atoms with van der Waals surface area (Å²) in [5.74, 6) is -0.0421. The Morgan fingerprint density at radius 3 is 1.00 bits per heavy atom. The molecule has 454 valence electrons. The molecular weight excluding hydrogens is 947 g/mol. The molecule has 3 N–H and O–H groups in total. The third-order valence-corrected chi connectivity index (χ3v) is 16.2. The molecule has 0 aliphatic carbocycles. The molecule has 6 nitrogen and oxygen atoms in total. The zero-order valence-corrected chi connectivity index (χ0v) is 52.0. The third kappa shape index (κ3) is 63.1. The predicted molar refractivity (Wildman–Crippen MR) is 338 cm³/mol. The van der Waals surface area contributed by atoms with Crippen molar-refractivity contribution in [2.45, 2.75) is 392 Å². The molecule has 0 radical (unpaired) electrons. The van der Waals surface area contributed by atoms with Gasteiger partial charge in [-0.3, -0.25) is 9.59 Å². The van der Waals surface area contributed by atoms with Crippen molar-refractivity contribution in [1.82, 2.24) is 5.32 Å². The molecule has 0 aliphatic heterocycles. The van der Waals surface area contributed by atoms with Crippen LogP contribution in [0, 0.1) is 0 Å². The van der Waals surface area contributed by atoms with Gasteiger partial charge in [0.1, 0.15) is 0 Å². The van der Waals surface area contributed by atoms with E-state index in [0.29, 0.717) is 25.9 Å². The maximum Gasteiger partial charge on any atom is 0.305 e.